The first kappa shape index (κ1) is 19.0. The van der Waals surface area contributed by atoms with Crippen molar-refractivity contribution in [3.05, 3.63) is 29.8 Å². The summed E-state index contributed by atoms with van der Waals surface area (Å²) < 4.78 is 11.5. The molecule has 2 unspecified atom stereocenters. The predicted molar refractivity (Wildman–Crippen MR) is 94.5 cm³/mol. The topological polar surface area (TPSA) is 18.5 Å². The average Bonchev–Trinajstić information content (AvgIpc) is 2.45. The highest BCUT2D eigenvalue weighted by Gasteiger charge is 2.24. The van der Waals surface area contributed by atoms with Crippen molar-refractivity contribution in [2.75, 3.05) is 6.61 Å². The summed E-state index contributed by atoms with van der Waals surface area (Å²) in [6, 6.07) is 8.52. The lowest BCUT2D eigenvalue weighted by atomic mass is 9.75. The molecular formula is C20H34O2. The molecule has 0 fully saturated rings. The van der Waals surface area contributed by atoms with Crippen LogP contribution in [0, 0.1) is 5.41 Å². The zero-order chi connectivity index (χ0) is 16.6. The van der Waals surface area contributed by atoms with E-state index in [1.54, 1.807) is 0 Å². The zero-order valence-electron chi connectivity index (χ0n) is 15.3. The van der Waals surface area contributed by atoms with Crippen LogP contribution in [-0.4, -0.2) is 12.9 Å². The highest BCUT2D eigenvalue weighted by molar-refractivity contribution is 5.30. The molecule has 2 atom stereocenters. The summed E-state index contributed by atoms with van der Waals surface area (Å²) in [6.07, 6.45) is 4.50. The van der Waals surface area contributed by atoms with Crippen molar-refractivity contribution in [3.8, 4) is 5.75 Å². The molecule has 0 aromatic heterocycles. The van der Waals surface area contributed by atoms with Gasteiger partial charge in [0.2, 0.25) is 0 Å². The molecule has 22 heavy (non-hydrogen) atoms. The van der Waals surface area contributed by atoms with Crippen molar-refractivity contribution in [2.24, 2.45) is 5.41 Å². The van der Waals surface area contributed by atoms with Gasteiger partial charge in [-0.2, -0.15) is 0 Å². The maximum Gasteiger partial charge on any atom is 0.196 e. The van der Waals surface area contributed by atoms with E-state index in [9.17, 15) is 0 Å². The number of unbranched alkanes of at least 4 members (excludes halogenated alkanes) is 2. The lowest BCUT2D eigenvalue weighted by Gasteiger charge is -2.30. The van der Waals surface area contributed by atoms with Gasteiger partial charge >= 0.3 is 0 Å². The van der Waals surface area contributed by atoms with Crippen molar-refractivity contribution in [2.45, 2.75) is 79.4 Å². The molecule has 0 saturated heterocycles. The third kappa shape index (κ3) is 6.39. The van der Waals surface area contributed by atoms with E-state index in [0.717, 1.165) is 25.2 Å². The lowest BCUT2D eigenvalue weighted by Crippen LogP contribution is -2.18. The third-order valence-electron chi connectivity index (χ3n) is 4.14. The van der Waals surface area contributed by atoms with Crippen LogP contribution in [0.15, 0.2) is 24.3 Å². The molecule has 126 valence electrons. The van der Waals surface area contributed by atoms with Crippen molar-refractivity contribution >= 4 is 0 Å². The van der Waals surface area contributed by atoms with Gasteiger partial charge in [0, 0.05) is 0 Å². The molecule has 0 N–H and O–H groups in total. The summed E-state index contributed by atoms with van der Waals surface area (Å²) in [7, 11) is 0. The second-order valence-corrected chi connectivity index (χ2v) is 7.16. The van der Waals surface area contributed by atoms with Gasteiger partial charge in [-0.15, -0.1) is 0 Å². The Bertz CT molecular complexity index is 403. The van der Waals surface area contributed by atoms with Crippen LogP contribution in [-0.2, 0) is 4.74 Å². The van der Waals surface area contributed by atoms with Crippen molar-refractivity contribution in [1.29, 1.82) is 0 Å². The molecule has 0 aliphatic heterocycles. The van der Waals surface area contributed by atoms with E-state index in [0.29, 0.717) is 5.92 Å². The van der Waals surface area contributed by atoms with Crippen molar-refractivity contribution in [1.82, 2.24) is 0 Å². The van der Waals surface area contributed by atoms with Crippen LogP contribution < -0.4 is 4.74 Å². The van der Waals surface area contributed by atoms with Gasteiger partial charge in [0.1, 0.15) is 5.75 Å². The van der Waals surface area contributed by atoms with Crippen molar-refractivity contribution in [3.63, 3.8) is 0 Å². The summed E-state index contributed by atoms with van der Waals surface area (Å²) in [4.78, 5) is 0. The summed E-state index contributed by atoms with van der Waals surface area (Å²) in [5.74, 6) is 1.46. The fourth-order valence-electron chi connectivity index (χ4n) is 2.95. The molecule has 0 bridgehead atoms. The number of rotatable bonds is 9. The van der Waals surface area contributed by atoms with Crippen LogP contribution in [0.25, 0.3) is 0 Å². The third-order valence-corrected chi connectivity index (χ3v) is 4.14. The minimum absolute atomic E-state index is 0.188. The highest BCUT2D eigenvalue weighted by Crippen LogP contribution is 2.37. The molecular weight excluding hydrogens is 272 g/mol. The smallest absolute Gasteiger partial charge is 0.196 e. The molecule has 1 aromatic rings. The molecule has 2 heteroatoms. The largest absolute Gasteiger partial charge is 0.465 e. The Morgan fingerprint density at radius 3 is 2.14 bits per heavy atom. The van der Waals surface area contributed by atoms with Gasteiger partial charge in [0.15, 0.2) is 6.29 Å². The molecule has 1 rings (SSSR count). The Balaban J connectivity index is 2.54. The quantitative estimate of drug-likeness (QED) is 0.402. The monoisotopic (exact) mass is 306 g/mol. The lowest BCUT2D eigenvalue weighted by molar-refractivity contribution is -0.0676. The summed E-state index contributed by atoms with van der Waals surface area (Å²) in [6.45, 7) is 14.1. The van der Waals surface area contributed by atoms with Gasteiger partial charge < -0.3 is 9.47 Å². The minimum atomic E-state index is -0.188. The van der Waals surface area contributed by atoms with E-state index < -0.39 is 0 Å². The Morgan fingerprint density at radius 1 is 1.00 bits per heavy atom. The summed E-state index contributed by atoms with van der Waals surface area (Å²) in [5.41, 5.74) is 1.67. The molecule has 0 radical (unpaired) electrons. The van der Waals surface area contributed by atoms with Gasteiger partial charge in [-0.3, -0.25) is 0 Å². The number of ether oxygens (including phenoxy) is 2. The number of hydrogen-bond acceptors (Lipinski definition) is 2. The maximum absolute atomic E-state index is 5.83. The van der Waals surface area contributed by atoms with Crippen LogP contribution in [0.4, 0.5) is 0 Å². The van der Waals surface area contributed by atoms with E-state index in [-0.39, 0.29) is 11.7 Å². The molecule has 2 nitrogen and oxygen atoms in total. The molecule has 0 amide bonds. The van der Waals surface area contributed by atoms with Crippen LogP contribution in [0.2, 0.25) is 0 Å². The standard InChI is InChI=1S/C20H34O2/c1-7-9-10-15-21-16(3)22-18-13-11-17(12-14-18)19(8-2)20(4,5)6/h11-14,16,19H,7-10,15H2,1-6H3. The predicted octanol–water partition coefficient (Wildman–Crippen LogP) is 6.16. The van der Waals surface area contributed by atoms with Gasteiger partial charge in [-0.1, -0.05) is 59.6 Å². The molecule has 0 aliphatic carbocycles. The highest BCUT2D eigenvalue weighted by atomic mass is 16.7. The first-order valence-corrected chi connectivity index (χ1v) is 8.76. The second-order valence-electron chi connectivity index (χ2n) is 7.16. The van der Waals surface area contributed by atoms with Crippen molar-refractivity contribution < 1.29 is 9.47 Å². The Hall–Kier alpha value is -1.02. The van der Waals surface area contributed by atoms with Gasteiger partial charge in [0.05, 0.1) is 6.61 Å². The van der Waals surface area contributed by atoms with E-state index in [1.165, 1.54) is 18.4 Å². The zero-order valence-corrected chi connectivity index (χ0v) is 15.3. The molecule has 0 saturated carbocycles. The van der Waals surface area contributed by atoms with E-state index >= 15 is 0 Å². The van der Waals surface area contributed by atoms with Crippen LogP contribution in [0.5, 0.6) is 5.75 Å². The van der Waals surface area contributed by atoms with Crippen LogP contribution >= 0.6 is 0 Å². The summed E-state index contributed by atoms with van der Waals surface area (Å²) >= 11 is 0. The van der Waals surface area contributed by atoms with Crippen LogP contribution in [0.1, 0.15) is 78.7 Å². The Kier molecular flexibility index (Phi) is 7.95. The van der Waals surface area contributed by atoms with Gasteiger partial charge in [-0.05, 0) is 48.8 Å². The van der Waals surface area contributed by atoms with E-state index in [4.69, 9.17) is 9.47 Å². The SMILES string of the molecule is CCCCCOC(C)Oc1ccc(C(CC)C(C)(C)C)cc1. The molecule has 0 spiro atoms. The fourth-order valence-corrected chi connectivity index (χ4v) is 2.95. The summed E-state index contributed by atoms with van der Waals surface area (Å²) in [5, 5.41) is 0. The van der Waals surface area contributed by atoms with Gasteiger partial charge in [0.25, 0.3) is 0 Å². The van der Waals surface area contributed by atoms with Gasteiger partial charge in [-0.25, -0.2) is 0 Å². The van der Waals surface area contributed by atoms with E-state index in [2.05, 4.69) is 58.9 Å². The first-order chi connectivity index (χ1) is 10.4. The molecule has 0 heterocycles. The normalized spacial score (nSPS) is 14.6. The first-order valence-electron chi connectivity index (χ1n) is 8.76. The van der Waals surface area contributed by atoms with Crippen LogP contribution in [0.3, 0.4) is 0 Å². The Labute approximate surface area is 137 Å². The Morgan fingerprint density at radius 2 is 1.64 bits per heavy atom. The number of hydrogen-bond donors (Lipinski definition) is 0. The number of benzene rings is 1. The van der Waals surface area contributed by atoms with E-state index in [1.807, 2.05) is 6.92 Å². The fraction of sp³-hybridized carbons (Fsp3) is 0.700. The second kappa shape index (κ2) is 9.19. The average molecular weight is 306 g/mol. The molecule has 1 aromatic carbocycles. The minimum Gasteiger partial charge on any atom is -0.465 e. The molecule has 0 aliphatic rings. The maximum atomic E-state index is 5.83.